The van der Waals surface area contributed by atoms with Gasteiger partial charge in [0.25, 0.3) is 0 Å². The SMILES string of the molecule is CCOc1ccccc1-c1nc(CC(=O)NCC2CCN(c3ccccc3)C2)cs1. The minimum atomic E-state index is 0.0307. The summed E-state index contributed by atoms with van der Waals surface area (Å²) in [6.07, 6.45) is 1.41. The van der Waals surface area contributed by atoms with Gasteiger partial charge in [0.15, 0.2) is 0 Å². The van der Waals surface area contributed by atoms with E-state index >= 15 is 0 Å². The second-order valence-electron chi connectivity index (χ2n) is 7.49. The molecule has 0 bridgehead atoms. The zero-order chi connectivity index (χ0) is 20.8. The third-order valence-electron chi connectivity index (χ3n) is 5.31. The number of nitrogens with zero attached hydrogens (tertiary/aromatic N) is 2. The first-order chi connectivity index (χ1) is 14.7. The van der Waals surface area contributed by atoms with E-state index in [0.29, 0.717) is 25.5 Å². The molecule has 1 unspecified atom stereocenters. The number of nitrogens with one attached hydrogen (secondary N) is 1. The molecule has 156 valence electrons. The number of aromatic nitrogens is 1. The summed E-state index contributed by atoms with van der Waals surface area (Å²) in [4.78, 5) is 19.5. The summed E-state index contributed by atoms with van der Waals surface area (Å²) in [5.41, 5.74) is 3.03. The van der Waals surface area contributed by atoms with E-state index in [9.17, 15) is 4.79 Å². The molecule has 2 heterocycles. The van der Waals surface area contributed by atoms with Crippen LogP contribution in [0.15, 0.2) is 60.0 Å². The summed E-state index contributed by atoms with van der Waals surface area (Å²) >= 11 is 1.55. The zero-order valence-electron chi connectivity index (χ0n) is 17.2. The normalized spacial score (nSPS) is 15.9. The highest BCUT2D eigenvalue weighted by Gasteiger charge is 2.23. The highest BCUT2D eigenvalue weighted by atomic mass is 32.1. The number of para-hydroxylation sites is 2. The maximum Gasteiger partial charge on any atom is 0.226 e. The van der Waals surface area contributed by atoms with Gasteiger partial charge in [-0.3, -0.25) is 4.79 Å². The predicted molar refractivity (Wildman–Crippen MR) is 122 cm³/mol. The maximum absolute atomic E-state index is 12.5. The van der Waals surface area contributed by atoms with E-state index in [0.717, 1.165) is 41.5 Å². The summed E-state index contributed by atoms with van der Waals surface area (Å²) < 4.78 is 5.70. The molecule has 4 rings (SSSR count). The van der Waals surface area contributed by atoms with Gasteiger partial charge in [0, 0.05) is 30.7 Å². The lowest BCUT2D eigenvalue weighted by Gasteiger charge is -2.18. The summed E-state index contributed by atoms with van der Waals surface area (Å²) in [6, 6.07) is 18.4. The lowest BCUT2D eigenvalue weighted by Crippen LogP contribution is -2.32. The molecular formula is C24H27N3O2S. The van der Waals surface area contributed by atoms with Crippen molar-refractivity contribution in [2.24, 2.45) is 5.92 Å². The van der Waals surface area contributed by atoms with Gasteiger partial charge in [-0.05, 0) is 43.5 Å². The molecular weight excluding hydrogens is 394 g/mol. The van der Waals surface area contributed by atoms with Crippen LogP contribution in [0.3, 0.4) is 0 Å². The van der Waals surface area contributed by atoms with Crippen LogP contribution in [0, 0.1) is 5.92 Å². The van der Waals surface area contributed by atoms with Gasteiger partial charge >= 0.3 is 0 Å². The predicted octanol–water partition coefficient (Wildman–Crippen LogP) is 4.39. The van der Waals surface area contributed by atoms with Crippen LogP contribution >= 0.6 is 11.3 Å². The third-order valence-corrected chi connectivity index (χ3v) is 6.23. The van der Waals surface area contributed by atoms with Crippen LogP contribution in [0.2, 0.25) is 0 Å². The van der Waals surface area contributed by atoms with Crippen molar-refractivity contribution in [1.29, 1.82) is 0 Å². The summed E-state index contributed by atoms with van der Waals surface area (Å²) in [5, 5.41) is 5.95. The first-order valence-corrected chi connectivity index (χ1v) is 11.3. The minimum Gasteiger partial charge on any atom is -0.493 e. The lowest BCUT2D eigenvalue weighted by atomic mass is 10.1. The summed E-state index contributed by atoms with van der Waals surface area (Å²) in [6.45, 7) is 5.32. The largest absolute Gasteiger partial charge is 0.493 e. The average Bonchev–Trinajstić information content (AvgIpc) is 3.43. The van der Waals surface area contributed by atoms with Crippen molar-refractivity contribution in [3.63, 3.8) is 0 Å². The van der Waals surface area contributed by atoms with E-state index < -0.39 is 0 Å². The molecule has 0 aliphatic carbocycles. The second-order valence-corrected chi connectivity index (χ2v) is 8.35. The lowest BCUT2D eigenvalue weighted by molar-refractivity contribution is -0.120. The van der Waals surface area contributed by atoms with Crippen molar-refractivity contribution in [3.05, 3.63) is 65.7 Å². The molecule has 1 amide bonds. The molecule has 0 saturated carbocycles. The smallest absolute Gasteiger partial charge is 0.226 e. The number of hydrogen-bond acceptors (Lipinski definition) is 5. The molecule has 1 N–H and O–H groups in total. The third kappa shape index (κ3) is 5.00. The van der Waals surface area contributed by atoms with Gasteiger partial charge < -0.3 is 15.0 Å². The molecule has 1 atom stereocenters. The Morgan fingerprint density at radius 2 is 2.00 bits per heavy atom. The number of carbonyl (C=O) groups excluding carboxylic acids is 1. The molecule has 0 spiro atoms. The Kier molecular flexibility index (Phi) is 6.64. The molecule has 3 aromatic rings. The van der Waals surface area contributed by atoms with Crippen LogP contribution in [0.25, 0.3) is 10.6 Å². The molecule has 1 fully saturated rings. The summed E-state index contributed by atoms with van der Waals surface area (Å²) in [7, 11) is 0. The van der Waals surface area contributed by atoms with E-state index in [2.05, 4.69) is 39.5 Å². The van der Waals surface area contributed by atoms with Crippen LogP contribution in [-0.4, -0.2) is 37.1 Å². The van der Waals surface area contributed by atoms with Gasteiger partial charge in [-0.1, -0.05) is 30.3 Å². The fourth-order valence-electron chi connectivity index (χ4n) is 3.79. The van der Waals surface area contributed by atoms with Gasteiger partial charge in [-0.15, -0.1) is 11.3 Å². The number of benzene rings is 2. The van der Waals surface area contributed by atoms with E-state index in [1.807, 2.05) is 42.6 Å². The Morgan fingerprint density at radius 3 is 2.83 bits per heavy atom. The average molecular weight is 422 g/mol. The van der Waals surface area contributed by atoms with Gasteiger partial charge in [-0.25, -0.2) is 4.98 Å². The Hall–Kier alpha value is -2.86. The number of amides is 1. The van der Waals surface area contributed by atoms with Crippen LogP contribution in [0.4, 0.5) is 5.69 Å². The molecule has 30 heavy (non-hydrogen) atoms. The number of anilines is 1. The van der Waals surface area contributed by atoms with E-state index in [4.69, 9.17) is 4.74 Å². The molecule has 1 aromatic heterocycles. The van der Waals surface area contributed by atoms with E-state index in [-0.39, 0.29) is 5.91 Å². The van der Waals surface area contributed by atoms with Crippen LogP contribution in [-0.2, 0) is 11.2 Å². The van der Waals surface area contributed by atoms with E-state index in [1.54, 1.807) is 11.3 Å². The number of ether oxygens (including phenoxy) is 1. The number of thiazole rings is 1. The first kappa shape index (κ1) is 20.4. The van der Waals surface area contributed by atoms with Crippen LogP contribution < -0.4 is 15.0 Å². The first-order valence-electron chi connectivity index (χ1n) is 10.5. The van der Waals surface area contributed by atoms with E-state index in [1.165, 1.54) is 5.69 Å². The summed E-state index contributed by atoms with van der Waals surface area (Å²) in [5.74, 6) is 1.34. The van der Waals surface area contributed by atoms with Crippen molar-refractivity contribution < 1.29 is 9.53 Å². The quantitative estimate of drug-likeness (QED) is 0.586. The fourth-order valence-corrected chi connectivity index (χ4v) is 4.64. The van der Waals surface area contributed by atoms with Crippen molar-refractivity contribution in [2.45, 2.75) is 19.8 Å². The molecule has 0 radical (unpaired) electrons. The monoisotopic (exact) mass is 421 g/mol. The van der Waals surface area contributed by atoms with Crippen molar-refractivity contribution in [2.75, 3.05) is 31.1 Å². The van der Waals surface area contributed by atoms with Crippen LogP contribution in [0.5, 0.6) is 5.75 Å². The van der Waals surface area contributed by atoms with Crippen molar-refractivity contribution in [1.82, 2.24) is 10.3 Å². The fraction of sp³-hybridized carbons (Fsp3) is 0.333. The Morgan fingerprint density at radius 1 is 1.20 bits per heavy atom. The Labute approximate surface area is 181 Å². The van der Waals surface area contributed by atoms with Gasteiger partial charge in [0.05, 0.1) is 24.3 Å². The topological polar surface area (TPSA) is 54.5 Å². The Bertz CT molecular complexity index is 973. The zero-order valence-corrected chi connectivity index (χ0v) is 18.0. The molecule has 5 nitrogen and oxygen atoms in total. The van der Waals surface area contributed by atoms with Crippen molar-refractivity contribution in [3.8, 4) is 16.3 Å². The highest BCUT2D eigenvalue weighted by molar-refractivity contribution is 7.13. The molecule has 1 aliphatic heterocycles. The molecule has 2 aromatic carbocycles. The van der Waals surface area contributed by atoms with Gasteiger partial charge in [0.1, 0.15) is 10.8 Å². The standard InChI is InChI=1S/C24H27N3O2S/c1-2-29-22-11-7-6-10-21(22)24-26-19(17-30-24)14-23(28)25-15-18-12-13-27(16-18)20-8-4-3-5-9-20/h3-11,17-18H,2,12-16H2,1H3,(H,25,28). The Balaban J connectivity index is 1.28. The van der Waals surface area contributed by atoms with Gasteiger partial charge in [-0.2, -0.15) is 0 Å². The number of carbonyl (C=O) groups is 1. The molecule has 1 aliphatic rings. The number of hydrogen-bond donors (Lipinski definition) is 1. The highest BCUT2D eigenvalue weighted by Crippen LogP contribution is 2.32. The van der Waals surface area contributed by atoms with Crippen LogP contribution in [0.1, 0.15) is 19.0 Å². The second kappa shape index (κ2) is 9.76. The van der Waals surface area contributed by atoms with Crippen molar-refractivity contribution >= 4 is 22.9 Å². The minimum absolute atomic E-state index is 0.0307. The van der Waals surface area contributed by atoms with Gasteiger partial charge in [0.2, 0.25) is 5.91 Å². The molecule has 6 heteroatoms. The number of rotatable bonds is 8. The maximum atomic E-state index is 12.5. The molecule has 1 saturated heterocycles.